The maximum atomic E-state index is 12.9. The van der Waals surface area contributed by atoms with E-state index in [0.717, 1.165) is 36.6 Å². The normalized spacial score (nSPS) is 18.9. The van der Waals surface area contributed by atoms with Gasteiger partial charge in [-0.15, -0.1) is 11.8 Å². The van der Waals surface area contributed by atoms with Crippen LogP contribution in [0.4, 0.5) is 0 Å². The van der Waals surface area contributed by atoms with Crippen LogP contribution in [0, 0.1) is 0 Å². The van der Waals surface area contributed by atoms with Crippen molar-refractivity contribution in [3.63, 3.8) is 0 Å². The Labute approximate surface area is 155 Å². The molecule has 0 aliphatic carbocycles. The van der Waals surface area contributed by atoms with E-state index in [9.17, 15) is 4.79 Å². The van der Waals surface area contributed by atoms with Gasteiger partial charge in [0.05, 0.1) is 12.5 Å². The highest BCUT2D eigenvalue weighted by molar-refractivity contribution is 8.00. The van der Waals surface area contributed by atoms with Crippen LogP contribution in [0.5, 0.6) is 0 Å². The Hall–Kier alpha value is -0.650. The second kappa shape index (κ2) is 9.73. The predicted octanol–water partition coefficient (Wildman–Crippen LogP) is 3.63. The highest BCUT2D eigenvalue weighted by Crippen LogP contribution is 2.23. The predicted molar refractivity (Wildman–Crippen MR) is 107 cm³/mol. The molecule has 0 aromatic heterocycles. The number of amides is 1. The van der Waals surface area contributed by atoms with Gasteiger partial charge >= 0.3 is 0 Å². The van der Waals surface area contributed by atoms with Crippen molar-refractivity contribution in [1.29, 1.82) is 0 Å². The SMILES string of the molecule is CC(C)Sc1ccc(CC(=O)N2CCCSCC2CN(C)C)cc1. The number of carbonyl (C=O) groups is 1. The fraction of sp³-hybridized carbons (Fsp3) is 0.632. The van der Waals surface area contributed by atoms with E-state index in [0.29, 0.717) is 17.7 Å². The maximum absolute atomic E-state index is 12.9. The summed E-state index contributed by atoms with van der Waals surface area (Å²) in [6.07, 6.45) is 1.62. The first kappa shape index (κ1) is 19.7. The topological polar surface area (TPSA) is 23.6 Å². The van der Waals surface area contributed by atoms with Gasteiger partial charge in [-0.3, -0.25) is 4.79 Å². The number of thioether (sulfide) groups is 2. The average Bonchev–Trinajstić information content (AvgIpc) is 2.73. The molecule has 1 aromatic carbocycles. The van der Waals surface area contributed by atoms with E-state index >= 15 is 0 Å². The van der Waals surface area contributed by atoms with E-state index in [1.54, 1.807) is 0 Å². The molecule has 2 rings (SSSR count). The highest BCUT2D eigenvalue weighted by Gasteiger charge is 2.26. The Morgan fingerprint density at radius 3 is 2.67 bits per heavy atom. The molecular formula is C19H30N2OS2. The van der Waals surface area contributed by atoms with Crippen molar-refractivity contribution in [1.82, 2.24) is 9.80 Å². The van der Waals surface area contributed by atoms with Crippen LogP contribution >= 0.6 is 23.5 Å². The molecule has 1 saturated heterocycles. The summed E-state index contributed by atoms with van der Waals surface area (Å²) in [5.74, 6) is 2.48. The molecule has 1 amide bonds. The average molecular weight is 367 g/mol. The quantitative estimate of drug-likeness (QED) is 0.718. The molecular weight excluding hydrogens is 336 g/mol. The van der Waals surface area contributed by atoms with Crippen molar-refractivity contribution in [2.24, 2.45) is 0 Å². The number of hydrogen-bond donors (Lipinski definition) is 0. The van der Waals surface area contributed by atoms with Crippen LogP contribution in [0.2, 0.25) is 0 Å². The minimum Gasteiger partial charge on any atom is -0.337 e. The van der Waals surface area contributed by atoms with E-state index in [1.807, 2.05) is 23.5 Å². The summed E-state index contributed by atoms with van der Waals surface area (Å²) >= 11 is 3.84. The Balaban J connectivity index is 2.00. The molecule has 24 heavy (non-hydrogen) atoms. The van der Waals surface area contributed by atoms with Gasteiger partial charge in [0.1, 0.15) is 0 Å². The molecule has 0 bridgehead atoms. The van der Waals surface area contributed by atoms with E-state index in [2.05, 4.69) is 62.0 Å². The van der Waals surface area contributed by atoms with Gasteiger partial charge in [-0.2, -0.15) is 11.8 Å². The number of nitrogens with zero attached hydrogens (tertiary/aromatic N) is 2. The molecule has 1 aliphatic rings. The zero-order chi connectivity index (χ0) is 17.5. The maximum Gasteiger partial charge on any atom is 0.227 e. The van der Waals surface area contributed by atoms with Crippen LogP contribution in [0.3, 0.4) is 0 Å². The van der Waals surface area contributed by atoms with Crippen LogP contribution in [0.15, 0.2) is 29.2 Å². The number of likely N-dealkylation sites (N-methyl/N-ethyl adjacent to an activating group) is 1. The van der Waals surface area contributed by atoms with Crippen LogP contribution in [-0.2, 0) is 11.2 Å². The van der Waals surface area contributed by atoms with Crippen molar-refractivity contribution in [3.8, 4) is 0 Å². The number of hydrogen-bond acceptors (Lipinski definition) is 4. The first-order valence-corrected chi connectivity index (χ1v) is 10.8. The molecule has 1 heterocycles. The molecule has 5 heteroatoms. The van der Waals surface area contributed by atoms with Crippen molar-refractivity contribution in [3.05, 3.63) is 29.8 Å². The Kier molecular flexibility index (Phi) is 7.98. The number of rotatable bonds is 6. The van der Waals surface area contributed by atoms with E-state index < -0.39 is 0 Å². The Bertz CT molecular complexity index is 517. The first-order chi connectivity index (χ1) is 11.5. The molecule has 1 atom stereocenters. The third kappa shape index (κ3) is 6.34. The molecule has 0 radical (unpaired) electrons. The van der Waals surface area contributed by atoms with Gasteiger partial charge in [0.25, 0.3) is 0 Å². The molecule has 1 unspecified atom stereocenters. The molecule has 0 N–H and O–H groups in total. The molecule has 1 aliphatic heterocycles. The van der Waals surface area contributed by atoms with E-state index in [1.165, 1.54) is 4.90 Å². The van der Waals surface area contributed by atoms with Gasteiger partial charge in [-0.1, -0.05) is 26.0 Å². The minimum absolute atomic E-state index is 0.272. The Morgan fingerprint density at radius 2 is 2.04 bits per heavy atom. The summed E-state index contributed by atoms with van der Waals surface area (Å²) in [7, 11) is 4.17. The van der Waals surface area contributed by atoms with E-state index in [-0.39, 0.29) is 5.91 Å². The minimum atomic E-state index is 0.272. The lowest BCUT2D eigenvalue weighted by Gasteiger charge is -2.32. The van der Waals surface area contributed by atoms with Crippen molar-refractivity contribution in [2.75, 3.05) is 38.7 Å². The summed E-state index contributed by atoms with van der Waals surface area (Å²) in [5, 5.41) is 0.582. The van der Waals surface area contributed by atoms with Crippen LogP contribution < -0.4 is 0 Å². The van der Waals surface area contributed by atoms with Crippen LogP contribution in [0.25, 0.3) is 0 Å². The molecule has 1 aromatic rings. The molecule has 134 valence electrons. The highest BCUT2D eigenvalue weighted by atomic mass is 32.2. The fourth-order valence-electron chi connectivity index (χ4n) is 2.96. The van der Waals surface area contributed by atoms with E-state index in [4.69, 9.17) is 0 Å². The van der Waals surface area contributed by atoms with Crippen molar-refractivity contribution in [2.45, 2.75) is 42.9 Å². The summed E-state index contributed by atoms with van der Waals surface area (Å²) in [6, 6.07) is 8.83. The lowest BCUT2D eigenvalue weighted by molar-refractivity contribution is -0.132. The summed E-state index contributed by atoms with van der Waals surface area (Å²) in [6.45, 7) is 6.24. The lowest BCUT2D eigenvalue weighted by atomic mass is 10.1. The standard InChI is InChI=1S/C19H30N2OS2/c1-15(2)24-18-8-6-16(7-9-18)12-19(22)21-10-5-11-23-14-17(21)13-20(3)4/h6-9,15,17H,5,10-14H2,1-4H3. The lowest BCUT2D eigenvalue weighted by Crippen LogP contribution is -2.47. The summed E-state index contributed by atoms with van der Waals surface area (Å²) in [5.41, 5.74) is 1.12. The summed E-state index contributed by atoms with van der Waals surface area (Å²) in [4.78, 5) is 18.5. The largest absolute Gasteiger partial charge is 0.337 e. The molecule has 0 saturated carbocycles. The van der Waals surface area contributed by atoms with Crippen LogP contribution in [0.1, 0.15) is 25.8 Å². The monoisotopic (exact) mass is 366 g/mol. The molecule has 0 spiro atoms. The third-order valence-corrected chi connectivity index (χ3v) is 6.20. The van der Waals surface area contributed by atoms with Gasteiger partial charge < -0.3 is 9.80 Å². The molecule has 1 fully saturated rings. The van der Waals surface area contributed by atoms with Gasteiger partial charge in [-0.25, -0.2) is 0 Å². The van der Waals surface area contributed by atoms with Gasteiger partial charge in [0.2, 0.25) is 5.91 Å². The van der Waals surface area contributed by atoms with Gasteiger partial charge in [-0.05, 0) is 44.0 Å². The summed E-state index contributed by atoms with van der Waals surface area (Å²) < 4.78 is 0. The van der Waals surface area contributed by atoms with Crippen LogP contribution in [-0.4, -0.2) is 65.7 Å². The zero-order valence-electron chi connectivity index (χ0n) is 15.3. The van der Waals surface area contributed by atoms with Crippen molar-refractivity contribution >= 4 is 29.4 Å². The van der Waals surface area contributed by atoms with Gasteiger partial charge in [0, 0.05) is 29.0 Å². The van der Waals surface area contributed by atoms with Crippen molar-refractivity contribution < 1.29 is 4.79 Å². The first-order valence-electron chi connectivity index (χ1n) is 8.73. The third-order valence-electron chi connectivity index (χ3n) is 3.99. The molecule has 3 nitrogen and oxygen atoms in total. The second-order valence-corrected chi connectivity index (χ2v) is 9.72. The van der Waals surface area contributed by atoms with Gasteiger partial charge in [0.15, 0.2) is 0 Å². The fourth-order valence-corrected chi connectivity index (χ4v) is 4.86. The Morgan fingerprint density at radius 1 is 1.33 bits per heavy atom. The number of carbonyl (C=O) groups excluding carboxylic acids is 1. The number of benzene rings is 1. The second-order valence-electron chi connectivity index (χ2n) is 6.92. The smallest absolute Gasteiger partial charge is 0.227 e. The zero-order valence-corrected chi connectivity index (χ0v) is 17.0.